The maximum atomic E-state index is 4.95. The summed E-state index contributed by atoms with van der Waals surface area (Å²) < 4.78 is 0. The minimum absolute atomic E-state index is 0. The van der Waals surface area contributed by atoms with Crippen molar-refractivity contribution >= 4 is 29.9 Å². The molecule has 1 unspecified atom stereocenters. The first-order valence-corrected chi connectivity index (χ1v) is 10.0. The van der Waals surface area contributed by atoms with Gasteiger partial charge in [-0.05, 0) is 63.3 Å². The van der Waals surface area contributed by atoms with Gasteiger partial charge in [0.05, 0.1) is 0 Å². The van der Waals surface area contributed by atoms with Crippen molar-refractivity contribution in [2.45, 2.75) is 71.3 Å². The van der Waals surface area contributed by atoms with Crippen molar-refractivity contribution in [3.63, 3.8) is 0 Å². The molecule has 0 aromatic rings. The molecule has 4 nitrogen and oxygen atoms in total. The molecule has 0 aromatic heterocycles. The van der Waals surface area contributed by atoms with Crippen molar-refractivity contribution in [1.82, 2.24) is 15.5 Å². The number of aliphatic imine (C=N–C) groups is 1. The Morgan fingerprint density at radius 1 is 1.12 bits per heavy atom. The van der Waals surface area contributed by atoms with Crippen molar-refractivity contribution in [2.24, 2.45) is 16.3 Å². The monoisotopic (exact) mass is 448 g/mol. The van der Waals surface area contributed by atoms with Crippen LogP contribution in [0.15, 0.2) is 4.99 Å². The van der Waals surface area contributed by atoms with Gasteiger partial charge in [-0.2, -0.15) is 0 Å². The fourth-order valence-corrected chi connectivity index (χ4v) is 4.38. The quantitative estimate of drug-likeness (QED) is 0.355. The highest BCUT2D eigenvalue weighted by atomic mass is 127. The topological polar surface area (TPSA) is 39.7 Å². The molecule has 0 radical (unpaired) electrons. The average molecular weight is 448 g/mol. The molecular formula is C19H37IN4. The number of hydrogen-bond donors (Lipinski definition) is 2. The van der Waals surface area contributed by atoms with Gasteiger partial charge in [0.25, 0.3) is 0 Å². The Bertz CT molecular complexity index is 402. The van der Waals surface area contributed by atoms with E-state index in [1.165, 1.54) is 64.5 Å². The molecule has 0 aromatic carbocycles. The lowest BCUT2D eigenvalue weighted by Crippen LogP contribution is -2.41. The van der Waals surface area contributed by atoms with E-state index in [0.29, 0.717) is 5.41 Å². The van der Waals surface area contributed by atoms with Gasteiger partial charge in [-0.1, -0.05) is 19.8 Å². The van der Waals surface area contributed by atoms with Crippen LogP contribution in [0.5, 0.6) is 0 Å². The third kappa shape index (κ3) is 5.48. The molecule has 1 aliphatic heterocycles. The molecule has 0 bridgehead atoms. The highest BCUT2D eigenvalue weighted by molar-refractivity contribution is 14.0. The van der Waals surface area contributed by atoms with E-state index >= 15 is 0 Å². The highest BCUT2D eigenvalue weighted by Crippen LogP contribution is 2.41. The van der Waals surface area contributed by atoms with Crippen LogP contribution in [0.3, 0.4) is 0 Å². The maximum Gasteiger partial charge on any atom is 0.191 e. The molecule has 1 saturated heterocycles. The zero-order valence-corrected chi connectivity index (χ0v) is 18.0. The SMILES string of the molecule is CCNC(=NCC1(CC)CCCC1)NCC1CCN(C2CC2)C1.I. The molecular weight excluding hydrogens is 411 g/mol. The Labute approximate surface area is 165 Å². The van der Waals surface area contributed by atoms with Crippen LogP contribution in [0, 0.1) is 11.3 Å². The van der Waals surface area contributed by atoms with Crippen LogP contribution in [-0.4, -0.2) is 49.6 Å². The Morgan fingerprint density at radius 3 is 2.50 bits per heavy atom. The number of guanidine groups is 1. The van der Waals surface area contributed by atoms with Crippen LogP contribution in [0.2, 0.25) is 0 Å². The second-order valence-electron chi connectivity index (χ2n) is 8.02. The number of hydrogen-bond acceptors (Lipinski definition) is 2. The first kappa shape index (κ1) is 20.3. The van der Waals surface area contributed by atoms with E-state index < -0.39 is 0 Å². The third-order valence-corrected chi connectivity index (χ3v) is 6.27. The number of halogens is 1. The van der Waals surface area contributed by atoms with Gasteiger partial charge in [0.1, 0.15) is 0 Å². The first-order chi connectivity index (χ1) is 11.2. The third-order valence-electron chi connectivity index (χ3n) is 6.27. The Balaban J connectivity index is 0.00000208. The van der Waals surface area contributed by atoms with E-state index in [9.17, 15) is 0 Å². The summed E-state index contributed by atoms with van der Waals surface area (Å²) >= 11 is 0. The molecule has 3 rings (SSSR count). The molecule has 0 amide bonds. The van der Waals surface area contributed by atoms with Crippen LogP contribution in [0.4, 0.5) is 0 Å². The summed E-state index contributed by atoms with van der Waals surface area (Å²) in [6, 6.07) is 0.925. The Kier molecular flexibility index (Phi) is 8.11. The zero-order chi connectivity index (χ0) is 16.1. The van der Waals surface area contributed by atoms with E-state index in [-0.39, 0.29) is 24.0 Å². The lowest BCUT2D eigenvalue weighted by Gasteiger charge is -2.26. The van der Waals surface area contributed by atoms with Crippen LogP contribution < -0.4 is 10.6 Å². The summed E-state index contributed by atoms with van der Waals surface area (Å²) in [6.07, 6.45) is 11.0. The van der Waals surface area contributed by atoms with E-state index in [0.717, 1.165) is 37.6 Å². The minimum atomic E-state index is 0. The van der Waals surface area contributed by atoms with Gasteiger partial charge in [-0.25, -0.2) is 0 Å². The lowest BCUT2D eigenvalue weighted by atomic mass is 9.84. The van der Waals surface area contributed by atoms with E-state index in [4.69, 9.17) is 4.99 Å². The normalized spacial score (nSPS) is 27.1. The predicted octanol–water partition coefficient (Wildman–Crippen LogP) is 3.61. The Morgan fingerprint density at radius 2 is 1.88 bits per heavy atom. The van der Waals surface area contributed by atoms with Crippen molar-refractivity contribution in [3.05, 3.63) is 0 Å². The maximum absolute atomic E-state index is 4.95. The summed E-state index contributed by atoms with van der Waals surface area (Å²) in [7, 11) is 0. The second-order valence-corrected chi connectivity index (χ2v) is 8.02. The summed E-state index contributed by atoms with van der Waals surface area (Å²) in [5.41, 5.74) is 0.485. The van der Waals surface area contributed by atoms with Crippen molar-refractivity contribution < 1.29 is 0 Å². The van der Waals surface area contributed by atoms with Crippen LogP contribution in [-0.2, 0) is 0 Å². The molecule has 3 aliphatic rings. The van der Waals surface area contributed by atoms with Gasteiger partial charge < -0.3 is 15.5 Å². The molecule has 1 heterocycles. The smallest absolute Gasteiger partial charge is 0.191 e. The van der Waals surface area contributed by atoms with Crippen LogP contribution >= 0.6 is 24.0 Å². The summed E-state index contributed by atoms with van der Waals surface area (Å²) in [5, 5.41) is 7.06. The molecule has 2 saturated carbocycles. The molecule has 3 fully saturated rings. The second kappa shape index (κ2) is 9.60. The average Bonchev–Trinajstić information content (AvgIpc) is 3.13. The van der Waals surface area contributed by atoms with E-state index in [1.54, 1.807) is 0 Å². The number of likely N-dealkylation sites (tertiary alicyclic amines) is 1. The fraction of sp³-hybridized carbons (Fsp3) is 0.947. The number of rotatable bonds is 7. The molecule has 140 valence electrons. The van der Waals surface area contributed by atoms with Gasteiger partial charge in [0.2, 0.25) is 0 Å². The van der Waals surface area contributed by atoms with Crippen LogP contribution in [0.1, 0.15) is 65.2 Å². The predicted molar refractivity (Wildman–Crippen MR) is 113 cm³/mol. The molecule has 5 heteroatoms. The lowest BCUT2D eigenvalue weighted by molar-refractivity contribution is 0.297. The van der Waals surface area contributed by atoms with E-state index in [1.807, 2.05) is 0 Å². The van der Waals surface area contributed by atoms with Gasteiger partial charge >= 0.3 is 0 Å². The van der Waals surface area contributed by atoms with Crippen LogP contribution in [0.25, 0.3) is 0 Å². The zero-order valence-electron chi connectivity index (χ0n) is 15.6. The van der Waals surface area contributed by atoms with Gasteiger partial charge in [-0.15, -0.1) is 24.0 Å². The molecule has 24 heavy (non-hydrogen) atoms. The highest BCUT2D eigenvalue weighted by Gasteiger charge is 2.34. The van der Waals surface area contributed by atoms with Crippen molar-refractivity contribution in [3.8, 4) is 0 Å². The van der Waals surface area contributed by atoms with Gasteiger partial charge in [0.15, 0.2) is 5.96 Å². The summed E-state index contributed by atoms with van der Waals surface area (Å²) in [5.74, 6) is 1.84. The van der Waals surface area contributed by atoms with Crippen molar-refractivity contribution in [1.29, 1.82) is 0 Å². The number of nitrogens with one attached hydrogen (secondary N) is 2. The minimum Gasteiger partial charge on any atom is -0.357 e. The fourth-order valence-electron chi connectivity index (χ4n) is 4.38. The molecule has 1 atom stereocenters. The number of nitrogens with zero attached hydrogens (tertiary/aromatic N) is 2. The molecule has 0 spiro atoms. The summed E-state index contributed by atoms with van der Waals surface area (Å²) in [4.78, 5) is 7.64. The Hall–Kier alpha value is -0.0400. The molecule has 2 aliphatic carbocycles. The van der Waals surface area contributed by atoms with Gasteiger partial charge in [0, 0.05) is 32.2 Å². The first-order valence-electron chi connectivity index (χ1n) is 10.0. The largest absolute Gasteiger partial charge is 0.357 e. The van der Waals surface area contributed by atoms with Crippen molar-refractivity contribution in [2.75, 3.05) is 32.7 Å². The summed E-state index contributed by atoms with van der Waals surface area (Å²) in [6.45, 7) is 10.1. The van der Waals surface area contributed by atoms with E-state index in [2.05, 4.69) is 29.4 Å². The molecule has 2 N–H and O–H groups in total. The van der Waals surface area contributed by atoms with Gasteiger partial charge in [-0.3, -0.25) is 4.99 Å². The standard InChI is InChI=1S/C19H36N4.HI/c1-3-19(10-5-6-11-19)15-22-18(20-4-2)21-13-16-9-12-23(14-16)17-7-8-17;/h16-17H,3-15H2,1-2H3,(H2,20,21,22);1H.